The third-order valence-corrected chi connectivity index (χ3v) is 9.00. The second kappa shape index (κ2) is 7.97. The van der Waals surface area contributed by atoms with Crippen molar-refractivity contribution in [3.8, 4) is 10.4 Å². The second-order valence-corrected chi connectivity index (χ2v) is 11.7. The van der Waals surface area contributed by atoms with E-state index in [1.807, 2.05) is 43.8 Å². The van der Waals surface area contributed by atoms with Gasteiger partial charge in [-0.05, 0) is 31.9 Å². The minimum atomic E-state index is -2.96. The van der Waals surface area contributed by atoms with Crippen LogP contribution in [0.2, 0.25) is 0 Å². The minimum absolute atomic E-state index is 0.0752. The zero-order valence-corrected chi connectivity index (χ0v) is 19.9. The third kappa shape index (κ3) is 3.80. The molecule has 4 heterocycles. The number of hydrogen-bond acceptors (Lipinski definition) is 7. The normalized spacial score (nSPS) is 17.8. The first-order chi connectivity index (χ1) is 15.3. The van der Waals surface area contributed by atoms with Crippen LogP contribution in [0.5, 0.6) is 0 Å². The molecule has 32 heavy (non-hydrogen) atoms. The molecule has 0 aliphatic carbocycles. The highest BCUT2D eigenvalue weighted by Gasteiger charge is 2.31. The maximum atomic E-state index is 11.9. The van der Waals surface area contributed by atoms with Crippen molar-refractivity contribution in [2.75, 3.05) is 23.5 Å². The molecular formula is C23H25N5O2S2. The summed E-state index contributed by atoms with van der Waals surface area (Å²) >= 11 is 1.66. The van der Waals surface area contributed by atoms with E-state index in [1.54, 1.807) is 17.7 Å². The molecule has 0 saturated carbocycles. The Labute approximate surface area is 191 Å². The summed E-state index contributed by atoms with van der Waals surface area (Å²) in [5.74, 6) is 1.29. The smallest absolute Gasteiger partial charge is 0.152 e. The molecule has 1 aliphatic rings. The van der Waals surface area contributed by atoms with Gasteiger partial charge in [0.2, 0.25) is 0 Å². The molecule has 1 saturated heterocycles. The van der Waals surface area contributed by atoms with Gasteiger partial charge in [-0.25, -0.2) is 18.4 Å². The SMILES string of the molecule is Cc1nn([C@H]2CCS(=O)(=O)C2)c(C)c1CN(C)c1ncnc2sc(-c3ccccc3)cc12. The molecule has 9 heteroatoms. The molecule has 3 aromatic heterocycles. The average Bonchev–Trinajstić information content (AvgIpc) is 3.45. The average molecular weight is 468 g/mol. The number of fused-ring (bicyclic) bond motifs is 1. The highest BCUT2D eigenvalue weighted by atomic mass is 32.2. The Balaban J connectivity index is 1.46. The van der Waals surface area contributed by atoms with Crippen molar-refractivity contribution in [2.24, 2.45) is 0 Å². The lowest BCUT2D eigenvalue weighted by atomic mass is 10.1. The van der Waals surface area contributed by atoms with E-state index in [9.17, 15) is 8.42 Å². The third-order valence-electron chi connectivity index (χ3n) is 6.15. The van der Waals surface area contributed by atoms with E-state index in [1.165, 1.54) is 10.4 Å². The predicted molar refractivity (Wildman–Crippen MR) is 129 cm³/mol. The number of aryl methyl sites for hydroxylation is 1. The van der Waals surface area contributed by atoms with Gasteiger partial charge in [-0.2, -0.15) is 5.10 Å². The van der Waals surface area contributed by atoms with Crippen LogP contribution in [0.3, 0.4) is 0 Å². The molecule has 0 unspecified atom stereocenters. The van der Waals surface area contributed by atoms with E-state index >= 15 is 0 Å². The monoisotopic (exact) mass is 467 g/mol. The highest BCUT2D eigenvalue weighted by molar-refractivity contribution is 7.91. The van der Waals surface area contributed by atoms with Crippen LogP contribution >= 0.6 is 11.3 Å². The largest absolute Gasteiger partial charge is 0.355 e. The highest BCUT2D eigenvalue weighted by Crippen LogP contribution is 2.36. The van der Waals surface area contributed by atoms with Crippen molar-refractivity contribution in [3.05, 3.63) is 59.7 Å². The van der Waals surface area contributed by atoms with E-state index in [-0.39, 0.29) is 17.5 Å². The van der Waals surface area contributed by atoms with Crippen molar-refractivity contribution < 1.29 is 8.42 Å². The maximum absolute atomic E-state index is 11.9. The van der Waals surface area contributed by atoms with E-state index in [0.717, 1.165) is 33.0 Å². The number of thiophene rings is 1. The topological polar surface area (TPSA) is 81.0 Å². The number of aromatic nitrogens is 4. The zero-order valence-electron chi connectivity index (χ0n) is 18.3. The molecule has 0 radical (unpaired) electrons. The van der Waals surface area contributed by atoms with Gasteiger partial charge in [0.1, 0.15) is 17.0 Å². The molecular weight excluding hydrogens is 442 g/mol. The number of sulfone groups is 1. The molecule has 1 aromatic carbocycles. The van der Waals surface area contributed by atoms with E-state index in [2.05, 4.69) is 33.1 Å². The van der Waals surface area contributed by atoms with Crippen LogP contribution in [0.1, 0.15) is 29.4 Å². The molecule has 1 atom stereocenters. The summed E-state index contributed by atoms with van der Waals surface area (Å²) in [6.07, 6.45) is 2.25. The lowest BCUT2D eigenvalue weighted by molar-refractivity contribution is 0.485. The summed E-state index contributed by atoms with van der Waals surface area (Å²) < 4.78 is 25.8. The predicted octanol–water partition coefficient (Wildman–Crippen LogP) is 4.17. The van der Waals surface area contributed by atoms with Gasteiger partial charge >= 0.3 is 0 Å². The van der Waals surface area contributed by atoms with E-state index < -0.39 is 9.84 Å². The number of anilines is 1. The number of rotatable bonds is 5. The molecule has 0 N–H and O–H groups in total. The molecule has 4 aromatic rings. The van der Waals surface area contributed by atoms with Crippen molar-refractivity contribution in [1.29, 1.82) is 0 Å². The van der Waals surface area contributed by atoms with Gasteiger partial charge in [0.05, 0.1) is 28.6 Å². The Bertz CT molecular complexity index is 1390. The fourth-order valence-electron chi connectivity index (χ4n) is 4.45. The molecule has 0 bridgehead atoms. The first kappa shape index (κ1) is 21.1. The van der Waals surface area contributed by atoms with Crippen molar-refractivity contribution in [2.45, 2.75) is 32.9 Å². The van der Waals surface area contributed by atoms with Crippen molar-refractivity contribution in [1.82, 2.24) is 19.7 Å². The van der Waals surface area contributed by atoms with Gasteiger partial charge in [0, 0.05) is 29.7 Å². The quantitative estimate of drug-likeness (QED) is 0.438. The van der Waals surface area contributed by atoms with Crippen LogP contribution in [0, 0.1) is 13.8 Å². The molecule has 7 nitrogen and oxygen atoms in total. The van der Waals surface area contributed by atoms with Crippen molar-refractivity contribution >= 4 is 37.2 Å². The van der Waals surface area contributed by atoms with E-state index in [4.69, 9.17) is 5.10 Å². The Hall–Kier alpha value is -2.78. The zero-order chi connectivity index (χ0) is 22.5. The molecule has 1 fully saturated rings. The summed E-state index contributed by atoms with van der Waals surface area (Å²) in [5.41, 5.74) is 4.24. The summed E-state index contributed by atoms with van der Waals surface area (Å²) in [6.45, 7) is 4.66. The molecule has 0 amide bonds. The van der Waals surface area contributed by atoms with Gasteiger partial charge in [-0.15, -0.1) is 11.3 Å². The summed E-state index contributed by atoms with van der Waals surface area (Å²) in [5, 5.41) is 5.74. The van der Waals surface area contributed by atoms with Gasteiger partial charge in [-0.3, -0.25) is 4.68 Å². The summed E-state index contributed by atoms with van der Waals surface area (Å²) in [7, 11) is -0.936. The number of nitrogens with zero attached hydrogens (tertiary/aromatic N) is 5. The fourth-order valence-corrected chi connectivity index (χ4v) is 7.14. The van der Waals surface area contributed by atoms with Crippen LogP contribution in [0.4, 0.5) is 5.82 Å². The van der Waals surface area contributed by atoms with Crippen LogP contribution < -0.4 is 4.90 Å². The van der Waals surface area contributed by atoms with Gasteiger partial charge in [-0.1, -0.05) is 30.3 Å². The van der Waals surface area contributed by atoms with Gasteiger partial charge in [0.25, 0.3) is 0 Å². The summed E-state index contributed by atoms with van der Waals surface area (Å²) in [4.78, 5) is 13.3. The van der Waals surface area contributed by atoms with E-state index in [0.29, 0.717) is 13.0 Å². The second-order valence-electron chi connectivity index (χ2n) is 8.40. The Kier molecular flexibility index (Phi) is 5.25. The van der Waals surface area contributed by atoms with Gasteiger partial charge in [0.15, 0.2) is 9.84 Å². The van der Waals surface area contributed by atoms with Gasteiger partial charge < -0.3 is 4.90 Å². The fraction of sp³-hybridized carbons (Fsp3) is 0.348. The Morgan fingerprint density at radius 1 is 1.19 bits per heavy atom. The van der Waals surface area contributed by atoms with Crippen molar-refractivity contribution in [3.63, 3.8) is 0 Å². The first-order valence-electron chi connectivity index (χ1n) is 10.6. The lowest BCUT2D eigenvalue weighted by Crippen LogP contribution is -2.19. The van der Waals surface area contributed by atoms with Crippen LogP contribution in [-0.4, -0.2) is 46.7 Å². The van der Waals surface area contributed by atoms with Crippen LogP contribution in [0.15, 0.2) is 42.7 Å². The Morgan fingerprint density at radius 3 is 2.69 bits per heavy atom. The maximum Gasteiger partial charge on any atom is 0.152 e. The number of hydrogen-bond donors (Lipinski definition) is 0. The first-order valence-corrected chi connectivity index (χ1v) is 13.2. The van der Waals surface area contributed by atoms with Crippen LogP contribution in [0.25, 0.3) is 20.7 Å². The van der Waals surface area contributed by atoms with Crippen LogP contribution in [-0.2, 0) is 16.4 Å². The number of benzene rings is 1. The molecule has 166 valence electrons. The lowest BCUT2D eigenvalue weighted by Gasteiger charge is -2.19. The Morgan fingerprint density at radius 2 is 1.97 bits per heavy atom. The molecule has 0 spiro atoms. The summed E-state index contributed by atoms with van der Waals surface area (Å²) in [6, 6.07) is 12.4. The molecule has 5 rings (SSSR count). The standard InChI is InChI=1S/C23H25N5O2S2/c1-15-20(16(2)28(26-15)18-9-10-32(29,30)13-18)12-27(3)22-19-11-21(17-7-5-4-6-8-17)31-23(19)25-14-24-22/h4-8,11,14,18H,9-10,12-13H2,1-3H3/t18-/m0/s1. The minimum Gasteiger partial charge on any atom is -0.355 e. The molecule has 1 aliphatic heterocycles.